The molecule has 0 radical (unpaired) electrons. The number of hydrogen-bond acceptors (Lipinski definition) is 4. The van der Waals surface area contributed by atoms with Gasteiger partial charge in [-0.3, -0.25) is 9.59 Å². The van der Waals surface area contributed by atoms with Crippen molar-refractivity contribution in [2.24, 2.45) is 17.4 Å². The second kappa shape index (κ2) is 5.77. The minimum atomic E-state index is -0.495. The second-order valence-electron chi connectivity index (χ2n) is 3.01. The Morgan fingerprint density at radius 2 is 2.20 bits per heavy atom. The molecule has 1 aromatic rings. The molecule has 1 unspecified atom stereocenters. The molecule has 0 saturated carbocycles. The van der Waals surface area contributed by atoms with Crippen LogP contribution in [0.5, 0.6) is 0 Å². The van der Waals surface area contributed by atoms with E-state index in [1.54, 1.807) is 11.3 Å². The van der Waals surface area contributed by atoms with Crippen LogP contribution in [-0.4, -0.2) is 17.6 Å². The molecule has 1 rings (SSSR count). The average Bonchev–Trinajstić information content (AvgIpc) is 2.63. The molecule has 0 bridgehead atoms. The van der Waals surface area contributed by atoms with Gasteiger partial charge in [0.1, 0.15) is 0 Å². The Kier molecular flexibility index (Phi) is 4.64. The van der Waals surface area contributed by atoms with Crippen LogP contribution in [-0.2, 0) is 9.59 Å². The molecule has 1 heterocycles. The number of hydrogen-bond donors (Lipinski definition) is 2. The lowest BCUT2D eigenvalue weighted by Gasteiger charge is -2.09. The van der Waals surface area contributed by atoms with Crippen molar-refractivity contribution in [2.45, 2.75) is 10.6 Å². The Hall–Kier alpha value is -1.01. The van der Waals surface area contributed by atoms with Crippen LogP contribution in [0.3, 0.4) is 0 Å². The van der Waals surface area contributed by atoms with Gasteiger partial charge in [-0.15, -0.1) is 23.1 Å². The highest BCUT2D eigenvalue weighted by atomic mass is 32.2. The monoisotopic (exact) mass is 244 g/mol. The summed E-state index contributed by atoms with van der Waals surface area (Å²) < 4.78 is 1.10. The van der Waals surface area contributed by atoms with Gasteiger partial charge < -0.3 is 11.5 Å². The molecular formula is C9H12N2O2S2. The van der Waals surface area contributed by atoms with Gasteiger partial charge >= 0.3 is 0 Å². The van der Waals surface area contributed by atoms with Crippen molar-refractivity contribution in [1.29, 1.82) is 0 Å². The zero-order valence-electron chi connectivity index (χ0n) is 8.01. The molecule has 0 fully saturated rings. The van der Waals surface area contributed by atoms with Crippen LogP contribution in [0.1, 0.15) is 6.42 Å². The lowest BCUT2D eigenvalue weighted by atomic mass is 10.1. The standard InChI is InChI=1S/C9H12N2O2S2/c10-7(12)4-6(9(11)13)5-15-8-2-1-3-14-8/h1-3,6H,4-5H2,(H2,10,12)(H2,11,13). The van der Waals surface area contributed by atoms with E-state index >= 15 is 0 Å². The van der Waals surface area contributed by atoms with Crippen molar-refractivity contribution >= 4 is 34.9 Å². The fourth-order valence-electron chi connectivity index (χ4n) is 1.01. The predicted octanol–water partition coefficient (Wildman–Crippen LogP) is 0.817. The maximum Gasteiger partial charge on any atom is 0.221 e. The molecule has 15 heavy (non-hydrogen) atoms. The Bertz CT molecular complexity index is 338. The van der Waals surface area contributed by atoms with E-state index in [0.717, 1.165) is 4.21 Å². The number of thioether (sulfide) groups is 1. The summed E-state index contributed by atoms with van der Waals surface area (Å²) in [6, 6.07) is 3.89. The van der Waals surface area contributed by atoms with E-state index in [-0.39, 0.29) is 6.42 Å². The number of carbonyl (C=O) groups excluding carboxylic acids is 2. The summed E-state index contributed by atoms with van der Waals surface area (Å²) >= 11 is 3.11. The van der Waals surface area contributed by atoms with E-state index in [2.05, 4.69) is 0 Å². The van der Waals surface area contributed by atoms with Gasteiger partial charge in [0.2, 0.25) is 11.8 Å². The lowest BCUT2D eigenvalue weighted by Crippen LogP contribution is -2.29. The van der Waals surface area contributed by atoms with Crippen LogP contribution >= 0.6 is 23.1 Å². The summed E-state index contributed by atoms with van der Waals surface area (Å²) in [6.07, 6.45) is 0.0215. The summed E-state index contributed by atoms with van der Waals surface area (Å²) in [5, 5.41) is 1.95. The number of thiophene rings is 1. The summed E-state index contributed by atoms with van der Waals surface area (Å²) in [6.45, 7) is 0. The first-order chi connectivity index (χ1) is 7.09. The van der Waals surface area contributed by atoms with Gasteiger partial charge in [0.15, 0.2) is 0 Å². The van der Waals surface area contributed by atoms with E-state index in [1.165, 1.54) is 11.8 Å². The predicted molar refractivity (Wildman–Crippen MR) is 61.5 cm³/mol. The molecule has 0 spiro atoms. The fraction of sp³-hybridized carbons (Fsp3) is 0.333. The number of amides is 2. The van der Waals surface area contributed by atoms with Crippen LogP contribution in [0.2, 0.25) is 0 Å². The average molecular weight is 244 g/mol. The molecule has 4 N–H and O–H groups in total. The first-order valence-electron chi connectivity index (χ1n) is 4.33. The van der Waals surface area contributed by atoms with Crippen LogP contribution in [0.15, 0.2) is 21.7 Å². The third-order valence-electron chi connectivity index (χ3n) is 1.77. The van der Waals surface area contributed by atoms with Crippen molar-refractivity contribution in [3.63, 3.8) is 0 Å². The summed E-state index contributed by atoms with van der Waals surface area (Å²) in [5.41, 5.74) is 10.2. The largest absolute Gasteiger partial charge is 0.370 e. The molecular weight excluding hydrogens is 232 g/mol. The maximum absolute atomic E-state index is 11.0. The Labute approximate surface area is 96.0 Å². The van der Waals surface area contributed by atoms with Crippen molar-refractivity contribution in [2.75, 3.05) is 5.75 Å². The topological polar surface area (TPSA) is 86.2 Å². The van der Waals surface area contributed by atoms with Crippen LogP contribution < -0.4 is 11.5 Å². The molecule has 2 amide bonds. The minimum absolute atomic E-state index is 0.0215. The van der Waals surface area contributed by atoms with Crippen molar-refractivity contribution < 1.29 is 9.59 Å². The molecule has 82 valence electrons. The summed E-state index contributed by atoms with van der Waals surface area (Å²) in [5.74, 6) is -0.947. The number of carbonyl (C=O) groups is 2. The summed E-state index contributed by atoms with van der Waals surface area (Å²) in [4.78, 5) is 21.7. The molecule has 0 aliphatic heterocycles. The van der Waals surface area contributed by atoms with E-state index < -0.39 is 17.7 Å². The smallest absolute Gasteiger partial charge is 0.221 e. The van der Waals surface area contributed by atoms with Gasteiger partial charge in [0.25, 0.3) is 0 Å². The first kappa shape index (κ1) is 12.1. The molecule has 4 nitrogen and oxygen atoms in total. The summed E-state index contributed by atoms with van der Waals surface area (Å²) in [7, 11) is 0. The van der Waals surface area contributed by atoms with Gasteiger partial charge in [-0.05, 0) is 11.4 Å². The van der Waals surface area contributed by atoms with Crippen LogP contribution in [0.4, 0.5) is 0 Å². The van der Waals surface area contributed by atoms with Crippen molar-refractivity contribution in [1.82, 2.24) is 0 Å². The molecule has 1 atom stereocenters. The SMILES string of the molecule is NC(=O)CC(CSc1cccs1)C(N)=O. The molecule has 6 heteroatoms. The highest BCUT2D eigenvalue weighted by molar-refractivity contribution is 8.01. The Morgan fingerprint density at radius 3 is 2.67 bits per heavy atom. The van der Waals surface area contributed by atoms with E-state index in [9.17, 15) is 9.59 Å². The maximum atomic E-state index is 11.0. The Morgan fingerprint density at radius 1 is 1.47 bits per heavy atom. The van der Waals surface area contributed by atoms with Gasteiger partial charge in [0.05, 0.1) is 10.1 Å². The third kappa shape index (κ3) is 4.35. The van der Waals surface area contributed by atoms with Gasteiger partial charge in [-0.25, -0.2) is 0 Å². The Balaban J connectivity index is 2.45. The normalized spacial score (nSPS) is 12.3. The minimum Gasteiger partial charge on any atom is -0.370 e. The van der Waals surface area contributed by atoms with Gasteiger partial charge in [-0.2, -0.15) is 0 Å². The van der Waals surface area contributed by atoms with E-state index in [0.29, 0.717) is 5.75 Å². The quantitative estimate of drug-likeness (QED) is 0.726. The molecule has 0 aliphatic carbocycles. The van der Waals surface area contributed by atoms with Crippen molar-refractivity contribution in [3.05, 3.63) is 17.5 Å². The highest BCUT2D eigenvalue weighted by Crippen LogP contribution is 2.26. The lowest BCUT2D eigenvalue weighted by molar-refractivity contribution is -0.126. The zero-order chi connectivity index (χ0) is 11.3. The van der Waals surface area contributed by atoms with Gasteiger partial charge in [-0.1, -0.05) is 6.07 Å². The zero-order valence-corrected chi connectivity index (χ0v) is 9.64. The third-order valence-corrected chi connectivity index (χ3v) is 4.07. The molecule has 1 aromatic heterocycles. The van der Waals surface area contributed by atoms with E-state index in [4.69, 9.17) is 11.5 Å². The van der Waals surface area contributed by atoms with Gasteiger partial charge in [0, 0.05) is 12.2 Å². The second-order valence-corrected chi connectivity index (χ2v) is 5.28. The van der Waals surface area contributed by atoms with E-state index in [1.807, 2.05) is 17.5 Å². The number of primary amides is 2. The van der Waals surface area contributed by atoms with Crippen molar-refractivity contribution in [3.8, 4) is 0 Å². The highest BCUT2D eigenvalue weighted by Gasteiger charge is 2.18. The first-order valence-corrected chi connectivity index (χ1v) is 6.20. The molecule has 0 aromatic carbocycles. The fourth-order valence-corrected chi connectivity index (χ4v) is 2.93. The molecule has 0 aliphatic rings. The number of rotatable bonds is 6. The van der Waals surface area contributed by atoms with Crippen LogP contribution in [0, 0.1) is 5.92 Å². The number of nitrogens with two attached hydrogens (primary N) is 2. The molecule has 0 saturated heterocycles. The van der Waals surface area contributed by atoms with Crippen LogP contribution in [0.25, 0.3) is 0 Å².